The fourth-order valence-corrected chi connectivity index (χ4v) is 1.88. The third kappa shape index (κ3) is 8.64. The van der Waals surface area contributed by atoms with E-state index < -0.39 is 17.6 Å². The van der Waals surface area contributed by atoms with E-state index in [9.17, 15) is 4.21 Å². The molecule has 1 atom stereocenters. The Balaban J connectivity index is 3.53. The maximum absolute atomic E-state index is 9.91. The fraction of sp³-hybridized carbons (Fsp3) is 1.00. The molecule has 56 valence electrons. The molecule has 0 aliphatic heterocycles. The molecule has 0 radical (unpaired) electrons. The van der Waals surface area contributed by atoms with Crippen molar-refractivity contribution in [3.8, 4) is 0 Å². The Labute approximate surface area is 60.7 Å². The Morgan fingerprint density at radius 1 is 1.78 bits per heavy atom. The van der Waals surface area contributed by atoms with Crippen LogP contribution in [-0.4, -0.2) is 15.0 Å². The molecule has 0 spiro atoms. The molecule has 9 heavy (non-hydrogen) atoms. The van der Waals surface area contributed by atoms with Gasteiger partial charge >= 0.3 is 0 Å². The van der Waals surface area contributed by atoms with E-state index in [-0.39, 0.29) is 6.29 Å². The summed E-state index contributed by atoms with van der Waals surface area (Å²) in [6.45, 7) is 0. The SMILES string of the molecule is NP(N)(=S)CNS(=O)O. The molecule has 0 aliphatic carbocycles. The summed E-state index contributed by atoms with van der Waals surface area (Å²) in [5, 5.41) is 0. The largest absolute Gasteiger partial charge is 0.294 e. The van der Waals surface area contributed by atoms with Gasteiger partial charge in [-0.1, -0.05) is 11.8 Å². The van der Waals surface area contributed by atoms with Gasteiger partial charge in [-0.2, -0.15) is 0 Å². The van der Waals surface area contributed by atoms with Crippen molar-refractivity contribution in [2.24, 2.45) is 11.0 Å². The maximum Gasteiger partial charge on any atom is 0.232 e. The van der Waals surface area contributed by atoms with Gasteiger partial charge in [-0.15, -0.1) is 0 Å². The van der Waals surface area contributed by atoms with E-state index in [0.717, 1.165) is 0 Å². The average Bonchev–Trinajstić information content (AvgIpc) is 1.59. The van der Waals surface area contributed by atoms with E-state index in [0.29, 0.717) is 0 Å². The third-order valence-electron chi connectivity index (χ3n) is 0.435. The van der Waals surface area contributed by atoms with Crippen LogP contribution in [-0.2, 0) is 23.1 Å². The predicted octanol–water partition coefficient (Wildman–Crippen LogP) is -1.10. The molecule has 5 nitrogen and oxygen atoms in total. The zero-order valence-electron chi connectivity index (χ0n) is 4.48. The van der Waals surface area contributed by atoms with Crippen LogP contribution in [0.2, 0.25) is 0 Å². The quantitative estimate of drug-likeness (QED) is 0.333. The molecule has 0 rings (SSSR count). The van der Waals surface area contributed by atoms with Crippen LogP contribution >= 0.6 is 6.34 Å². The van der Waals surface area contributed by atoms with Crippen LogP contribution in [0.3, 0.4) is 0 Å². The van der Waals surface area contributed by atoms with Gasteiger partial charge in [0.15, 0.2) is 0 Å². The van der Waals surface area contributed by atoms with Crippen LogP contribution in [0.15, 0.2) is 0 Å². The summed E-state index contributed by atoms with van der Waals surface area (Å²) in [7, 11) is 0. The second-order valence-corrected chi connectivity index (χ2v) is 6.26. The summed E-state index contributed by atoms with van der Waals surface area (Å²) in [5.74, 6) is 0. The van der Waals surface area contributed by atoms with E-state index in [2.05, 4.69) is 16.5 Å². The molecule has 1 unspecified atom stereocenters. The normalized spacial score (nSPS) is 15.4. The Kier molecular flexibility index (Phi) is 3.99. The van der Waals surface area contributed by atoms with E-state index >= 15 is 0 Å². The highest BCUT2D eigenvalue weighted by Crippen LogP contribution is 2.21. The van der Waals surface area contributed by atoms with Crippen molar-refractivity contribution < 1.29 is 8.76 Å². The molecule has 0 amide bonds. The second-order valence-electron chi connectivity index (χ2n) is 1.41. The zero-order valence-corrected chi connectivity index (χ0v) is 7.01. The third-order valence-corrected chi connectivity index (χ3v) is 2.08. The Hall–Kier alpha value is 0.640. The molecule has 0 heterocycles. The van der Waals surface area contributed by atoms with Gasteiger partial charge in [-0.05, 0) is 0 Å². The topological polar surface area (TPSA) is 101 Å². The minimum Gasteiger partial charge on any atom is -0.294 e. The number of nitrogens with one attached hydrogen (secondary N) is 1. The van der Waals surface area contributed by atoms with Crippen molar-refractivity contribution in [2.75, 3.05) is 6.29 Å². The summed E-state index contributed by atoms with van der Waals surface area (Å²) in [6.07, 6.45) is -2.32. The average molecular weight is 189 g/mol. The molecule has 8 heteroatoms. The lowest BCUT2D eigenvalue weighted by atomic mass is 11.5. The van der Waals surface area contributed by atoms with Crippen LogP contribution in [0, 0.1) is 0 Å². The lowest BCUT2D eigenvalue weighted by Crippen LogP contribution is -2.23. The standard InChI is InChI=1S/CH8N3O2PS2/c2-7(3,8)1-4-9(5)6/h4H,1H2,(H,5,6)(H4,2,3,8). The smallest absolute Gasteiger partial charge is 0.232 e. The minimum atomic E-state index is -2.35. The van der Waals surface area contributed by atoms with Crippen LogP contribution in [0.5, 0.6) is 0 Å². The van der Waals surface area contributed by atoms with Crippen LogP contribution in [0.25, 0.3) is 0 Å². The van der Waals surface area contributed by atoms with Crippen LogP contribution in [0.4, 0.5) is 0 Å². The highest BCUT2D eigenvalue weighted by Gasteiger charge is 2.02. The van der Waals surface area contributed by atoms with Gasteiger partial charge in [0.2, 0.25) is 11.3 Å². The number of hydrogen-bond donors (Lipinski definition) is 4. The Morgan fingerprint density at radius 2 is 2.22 bits per heavy atom. The van der Waals surface area contributed by atoms with Crippen LogP contribution in [0.1, 0.15) is 0 Å². The van der Waals surface area contributed by atoms with Crippen molar-refractivity contribution >= 4 is 29.4 Å². The zero-order chi connectivity index (χ0) is 7.49. The van der Waals surface area contributed by atoms with Crippen molar-refractivity contribution in [1.29, 1.82) is 0 Å². The number of rotatable bonds is 3. The molecule has 0 aromatic heterocycles. The molecule has 0 aromatic rings. The van der Waals surface area contributed by atoms with Gasteiger partial charge < -0.3 is 0 Å². The van der Waals surface area contributed by atoms with E-state index in [1.165, 1.54) is 0 Å². The predicted molar refractivity (Wildman–Crippen MR) is 41.4 cm³/mol. The van der Waals surface area contributed by atoms with Crippen LogP contribution < -0.4 is 15.7 Å². The molecule has 0 fully saturated rings. The first-order chi connectivity index (χ1) is 3.92. The number of hydrogen-bond acceptors (Lipinski definition) is 2. The van der Waals surface area contributed by atoms with Gasteiger partial charge in [0.25, 0.3) is 0 Å². The fourth-order valence-electron chi connectivity index (χ4n) is 0.156. The van der Waals surface area contributed by atoms with Gasteiger partial charge in [0.1, 0.15) is 0 Å². The second kappa shape index (κ2) is 3.72. The molecular weight excluding hydrogens is 181 g/mol. The summed E-state index contributed by atoms with van der Waals surface area (Å²) < 4.78 is 20.2. The van der Waals surface area contributed by atoms with Crippen molar-refractivity contribution in [3.05, 3.63) is 0 Å². The lowest BCUT2D eigenvalue weighted by molar-refractivity contribution is 0.554. The van der Waals surface area contributed by atoms with Gasteiger partial charge in [0, 0.05) is 0 Å². The molecule has 0 aromatic carbocycles. The minimum absolute atomic E-state index is 0.0332. The Morgan fingerprint density at radius 3 is 2.33 bits per heavy atom. The first-order valence-electron chi connectivity index (χ1n) is 1.92. The van der Waals surface area contributed by atoms with Crippen molar-refractivity contribution in [1.82, 2.24) is 4.72 Å². The van der Waals surface area contributed by atoms with Gasteiger partial charge in [-0.25, -0.2) is 8.93 Å². The van der Waals surface area contributed by atoms with E-state index in [1.54, 1.807) is 0 Å². The molecule has 0 bridgehead atoms. The highest BCUT2D eigenvalue weighted by molar-refractivity contribution is 8.12. The summed E-state index contributed by atoms with van der Waals surface area (Å²) >= 11 is 2.50. The molecule has 6 N–H and O–H groups in total. The molecule has 0 saturated carbocycles. The highest BCUT2D eigenvalue weighted by atomic mass is 32.4. The first-order valence-corrected chi connectivity index (χ1v) is 6.15. The van der Waals surface area contributed by atoms with Crippen molar-refractivity contribution in [2.45, 2.75) is 0 Å². The summed E-state index contributed by atoms with van der Waals surface area (Å²) in [6, 6.07) is 0. The monoisotopic (exact) mass is 189 g/mol. The van der Waals surface area contributed by atoms with E-state index in [4.69, 9.17) is 15.6 Å². The molecular formula is CH8N3O2PS2. The molecule has 0 aliphatic rings. The summed E-state index contributed by atoms with van der Waals surface area (Å²) in [4.78, 5) is 0. The van der Waals surface area contributed by atoms with Crippen molar-refractivity contribution in [3.63, 3.8) is 0 Å². The van der Waals surface area contributed by atoms with E-state index in [1.807, 2.05) is 0 Å². The Bertz CT molecular complexity index is 154. The number of nitrogens with two attached hydrogens (primary N) is 2. The van der Waals surface area contributed by atoms with Gasteiger partial charge in [0.05, 0.1) is 12.6 Å². The lowest BCUT2D eigenvalue weighted by Gasteiger charge is -2.07. The maximum atomic E-state index is 9.91. The summed E-state index contributed by atoms with van der Waals surface area (Å²) in [5.41, 5.74) is 10.4. The first kappa shape index (κ1) is 9.64. The van der Waals surface area contributed by atoms with Gasteiger partial charge in [-0.3, -0.25) is 15.6 Å². The molecule has 0 saturated heterocycles.